The van der Waals surface area contributed by atoms with Crippen molar-refractivity contribution in [3.05, 3.63) is 60.2 Å². The van der Waals surface area contributed by atoms with Gasteiger partial charge in [-0.3, -0.25) is 9.59 Å². The number of nitrogens with two attached hydrogens (primary N) is 1. The van der Waals surface area contributed by atoms with Crippen LogP contribution >= 0.6 is 12.2 Å². The van der Waals surface area contributed by atoms with Crippen LogP contribution in [0.25, 0.3) is 0 Å². The standard InChI is InChI=1S/C9H8N2OS.C9H11NO3/c12-8-6-11(9(13)10-8)7-4-2-1-3-5-7;10-8(9(12)13)5-6-1-3-7(11)4-2-6/h1-5H,6H2,(H,10,12,13);1-4,8,11H,5,10H2,(H,12,13). The average molecular weight is 373 g/mol. The SMILES string of the molecule is NC(Cc1ccc(O)cc1)C(=O)O.O=C1CN(c2ccccc2)C(=S)N1. The molecule has 1 unspecified atom stereocenters. The summed E-state index contributed by atoms with van der Waals surface area (Å²) in [6.07, 6.45) is 0.273. The van der Waals surface area contributed by atoms with Gasteiger partial charge in [-0.2, -0.15) is 0 Å². The summed E-state index contributed by atoms with van der Waals surface area (Å²) in [5.41, 5.74) is 7.07. The Morgan fingerprint density at radius 3 is 2.31 bits per heavy atom. The van der Waals surface area contributed by atoms with Gasteiger partial charge >= 0.3 is 5.97 Å². The van der Waals surface area contributed by atoms with E-state index in [-0.39, 0.29) is 18.1 Å². The molecule has 3 rings (SSSR count). The number of carbonyl (C=O) groups excluding carboxylic acids is 1. The van der Waals surface area contributed by atoms with Crippen molar-refractivity contribution in [2.24, 2.45) is 5.73 Å². The van der Waals surface area contributed by atoms with E-state index in [0.29, 0.717) is 11.7 Å². The number of benzene rings is 2. The molecule has 0 spiro atoms. The van der Waals surface area contributed by atoms with Gasteiger partial charge in [-0.15, -0.1) is 0 Å². The number of phenolic OH excluding ortho intramolecular Hbond substituents is 1. The van der Waals surface area contributed by atoms with E-state index in [4.69, 9.17) is 28.2 Å². The zero-order valence-electron chi connectivity index (χ0n) is 13.8. The van der Waals surface area contributed by atoms with Crippen LogP contribution in [0.2, 0.25) is 0 Å². The first kappa shape index (κ1) is 19.4. The lowest BCUT2D eigenvalue weighted by Gasteiger charge is -2.14. The van der Waals surface area contributed by atoms with Crippen molar-refractivity contribution in [2.45, 2.75) is 12.5 Å². The molecule has 7 nitrogen and oxygen atoms in total. The first-order valence-corrected chi connectivity index (χ1v) is 8.20. The molecule has 136 valence electrons. The fraction of sp³-hybridized carbons (Fsp3) is 0.167. The van der Waals surface area contributed by atoms with Crippen molar-refractivity contribution >= 4 is 34.9 Å². The molecule has 0 aliphatic carbocycles. The Hall–Kier alpha value is -2.97. The quantitative estimate of drug-likeness (QED) is 0.596. The van der Waals surface area contributed by atoms with Crippen LogP contribution in [0.5, 0.6) is 5.75 Å². The summed E-state index contributed by atoms with van der Waals surface area (Å²) >= 11 is 4.99. The highest BCUT2D eigenvalue weighted by Gasteiger charge is 2.24. The second kappa shape index (κ2) is 8.93. The number of aromatic hydroxyl groups is 1. The van der Waals surface area contributed by atoms with E-state index in [1.165, 1.54) is 12.1 Å². The maximum atomic E-state index is 11.0. The largest absolute Gasteiger partial charge is 0.508 e. The van der Waals surface area contributed by atoms with Gasteiger partial charge in [0.2, 0.25) is 5.91 Å². The predicted octanol–water partition coefficient (Wildman–Crippen LogP) is 1.25. The number of carbonyl (C=O) groups is 2. The van der Waals surface area contributed by atoms with Gasteiger partial charge in [-0.05, 0) is 48.5 Å². The highest BCUT2D eigenvalue weighted by atomic mass is 32.1. The van der Waals surface area contributed by atoms with Crippen LogP contribution in [0.3, 0.4) is 0 Å². The van der Waals surface area contributed by atoms with Gasteiger partial charge in [0.05, 0.1) is 0 Å². The molecule has 8 heteroatoms. The monoisotopic (exact) mass is 373 g/mol. The zero-order chi connectivity index (χ0) is 19.1. The molecular weight excluding hydrogens is 354 g/mol. The molecule has 1 aliphatic rings. The Bertz CT molecular complexity index is 781. The molecular formula is C18H19N3O4S. The lowest BCUT2D eigenvalue weighted by molar-refractivity contribution is -0.138. The minimum Gasteiger partial charge on any atom is -0.508 e. The molecule has 2 aromatic carbocycles. The van der Waals surface area contributed by atoms with Gasteiger partial charge in [0.1, 0.15) is 18.3 Å². The number of nitrogens with one attached hydrogen (secondary N) is 1. The van der Waals surface area contributed by atoms with E-state index in [0.717, 1.165) is 11.3 Å². The van der Waals surface area contributed by atoms with E-state index < -0.39 is 12.0 Å². The number of aliphatic carboxylic acids is 1. The number of carboxylic acid groups (broad SMARTS) is 1. The molecule has 1 heterocycles. The molecule has 5 N–H and O–H groups in total. The van der Waals surface area contributed by atoms with Crippen LogP contribution in [0.1, 0.15) is 5.56 Å². The number of amides is 1. The average Bonchev–Trinajstić information content (AvgIpc) is 2.96. The summed E-state index contributed by atoms with van der Waals surface area (Å²) in [5.74, 6) is -0.908. The number of anilines is 1. The highest BCUT2D eigenvalue weighted by molar-refractivity contribution is 7.80. The number of rotatable bonds is 4. The minimum absolute atomic E-state index is 0.0474. The van der Waals surface area contributed by atoms with Crippen molar-refractivity contribution in [1.29, 1.82) is 0 Å². The van der Waals surface area contributed by atoms with Gasteiger partial charge in [0.15, 0.2) is 5.11 Å². The van der Waals surface area contributed by atoms with Crippen molar-refractivity contribution in [2.75, 3.05) is 11.4 Å². The molecule has 1 fully saturated rings. The van der Waals surface area contributed by atoms with Crippen LogP contribution in [0.15, 0.2) is 54.6 Å². The number of carboxylic acids is 1. The van der Waals surface area contributed by atoms with Gasteiger partial charge < -0.3 is 26.2 Å². The van der Waals surface area contributed by atoms with Crippen molar-refractivity contribution < 1.29 is 19.8 Å². The smallest absolute Gasteiger partial charge is 0.320 e. The summed E-state index contributed by atoms with van der Waals surface area (Å²) in [4.78, 5) is 23.2. The summed E-state index contributed by atoms with van der Waals surface area (Å²) in [5, 5.41) is 20.5. The van der Waals surface area contributed by atoms with Crippen LogP contribution in [0.4, 0.5) is 5.69 Å². The number of hydrogen-bond donors (Lipinski definition) is 4. The molecule has 0 aromatic heterocycles. The van der Waals surface area contributed by atoms with Crippen molar-refractivity contribution in [3.63, 3.8) is 0 Å². The third kappa shape index (κ3) is 5.54. The van der Waals surface area contributed by atoms with Crippen LogP contribution < -0.4 is 16.0 Å². The zero-order valence-corrected chi connectivity index (χ0v) is 14.6. The van der Waals surface area contributed by atoms with Crippen molar-refractivity contribution in [1.82, 2.24) is 5.32 Å². The number of nitrogens with zero attached hydrogens (tertiary/aromatic N) is 1. The Morgan fingerprint density at radius 1 is 1.19 bits per heavy atom. The fourth-order valence-corrected chi connectivity index (χ4v) is 2.52. The first-order valence-electron chi connectivity index (χ1n) is 7.79. The summed E-state index contributed by atoms with van der Waals surface area (Å²) in [6.45, 7) is 0.322. The molecule has 0 bridgehead atoms. The molecule has 1 atom stereocenters. The molecule has 1 aliphatic heterocycles. The number of thiocarbonyl (C=S) groups is 1. The molecule has 0 saturated carbocycles. The minimum atomic E-state index is -1.02. The van der Waals surface area contributed by atoms with Crippen LogP contribution in [-0.4, -0.2) is 39.8 Å². The second-order valence-corrected chi connectivity index (χ2v) is 5.98. The topological polar surface area (TPSA) is 116 Å². The van der Waals surface area contributed by atoms with E-state index >= 15 is 0 Å². The highest BCUT2D eigenvalue weighted by Crippen LogP contribution is 2.15. The third-order valence-electron chi connectivity index (χ3n) is 3.57. The molecule has 1 saturated heterocycles. The van der Waals surface area contributed by atoms with E-state index in [2.05, 4.69) is 5.32 Å². The number of phenols is 1. The Morgan fingerprint density at radius 2 is 1.81 bits per heavy atom. The summed E-state index contributed by atoms with van der Waals surface area (Å²) in [6, 6.07) is 15.0. The predicted molar refractivity (Wildman–Crippen MR) is 102 cm³/mol. The van der Waals surface area contributed by atoms with E-state index in [1.54, 1.807) is 17.0 Å². The molecule has 2 aromatic rings. The summed E-state index contributed by atoms with van der Waals surface area (Å²) in [7, 11) is 0. The van der Waals surface area contributed by atoms with Crippen LogP contribution in [0, 0.1) is 0 Å². The normalized spacial score (nSPS) is 14.3. The Balaban J connectivity index is 0.000000187. The second-order valence-electron chi connectivity index (χ2n) is 5.59. The number of para-hydroxylation sites is 1. The Labute approximate surface area is 156 Å². The summed E-state index contributed by atoms with van der Waals surface area (Å²) < 4.78 is 0. The maximum absolute atomic E-state index is 11.0. The van der Waals surface area contributed by atoms with Gasteiger partial charge in [0.25, 0.3) is 0 Å². The molecule has 1 amide bonds. The Kier molecular flexibility index (Phi) is 6.65. The number of hydrogen-bond acceptors (Lipinski definition) is 5. The van der Waals surface area contributed by atoms with Gasteiger partial charge in [0, 0.05) is 5.69 Å². The lowest BCUT2D eigenvalue weighted by atomic mass is 10.1. The van der Waals surface area contributed by atoms with Crippen molar-refractivity contribution in [3.8, 4) is 5.75 Å². The van der Waals surface area contributed by atoms with Crippen LogP contribution in [-0.2, 0) is 16.0 Å². The molecule has 26 heavy (non-hydrogen) atoms. The third-order valence-corrected chi connectivity index (χ3v) is 3.89. The lowest BCUT2D eigenvalue weighted by Crippen LogP contribution is -2.32. The molecule has 0 radical (unpaired) electrons. The van der Waals surface area contributed by atoms with E-state index in [1.807, 2.05) is 30.3 Å². The fourth-order valence-electron chi connectivity index (χ4n) is 2.23. The van der Waals surface area contributed by atoms with Gasteiger partial charge in [-0.25, -0.2) is 0 Å². The first-order chi connectivity index (χ1) is 12.4. The van der Waals surface area contributed by atoms with E-state index in [9.17, 15) is 9.59 Å². The van der Waals surface area contributed by atoms with Gasteiger partial charge in [-0.1, -0.05) is 30.3 Å². The maximum Gasteiger partial charge on any atom is 0.320 e.